The average molecular weight is 487 g/mol. The Hall–Kier alpha value is -3.76. The number of thiol groups is 1. The van der Waals surface area contributed by atoms with Crippen molar-refractivity contribution in [1.29, 1.82) is 0 Å². The highest BCUT2D eigenvalue weighted by Gasteiger charge is 2.31. The van der Waals surface area contributed by atoms with Crippen LogP contribution in [0.5, 0.6) is 5.75 Å². The zero-order valence-corrected chi connectivity index (χ0v) is 18.9. The summed E-state index contributed by atoms with van der Waals surface area (Å²) in [5, 5.41) is 17.1. The molecule has 11 heteroatoms. The highest BCUT2D eigenvalue weighted by molar-refractivity contribution is 7.78. The number of rotatable bonds is 7. The number of nitrogens with one attached hydrogen (secondary N) is 2. The second-order valence-electron chi connectivity index (χ2n) is 6.72. The summed E-state index contributed by atoms with van der Waals surface area (Å²) in [6, 6.07) is 17.0. The Bertz CT molecular complexity index is 1160. The molecule has 0 fully saturated rings. The standard InChI is InChI=1S/C22H19ClN4O5S/c1-32-17-11-12-18(19(13-17)27(30)31)25-22(29)26(33)20(14-5-3-2-4-6-14)21(28)24-16-9-7-15(23)8-10-16/h2-13,20,33H,1H3,(H,24,28)(H,25,29). The number of halogens is 1. The number of anilines is 2. The quantitative estimate of drug-likeness (QED) is 0.238. The molecule has 3 aromatic rings. The van der Waals surface area contributed by atoms with Gasteiger partial charge in [-0.05, 0) is 42.0 Å². The molecule has 0 saturated heterocycles. The van der Waals surface area contributed by atoms with Crippen molar-refractivity contribution in [3.05, 3.63) is 93.5 Å². The molecule has 9 nitrogen and oxygen atoms in total. The SMILES string of the molecule is COc1ccc(NC(=O)N(S)C(C(=O)Nc2ccc(Cl)cc2)c2ccccc2)c([N+](=O)[O-])c1. The van der Waals surface area contributed by atoms with E-state index in [1.807, 2.05) is 0 Å². The molecule has 0 aliphatic rings. The van der Waals surface area contributed by atoms with Crippen LogP contribution >= 0.6 is 24.4 Å². The molecule has 2 N–H and O–H groups in total. The minimum Gasteiger partial charge on any atom is -0.496 e. The first-order valence-electron chi connectivity index (χ1n) is 9.53. The zero-order chi connectivity index (χ0) is 24.0. The van der Waals surface area contributed by atoms with Crippen LogP contribution < -0.4 is 15.4 Å². The largest absolute Gasteiger partial charge is 0.496 e. The number of amides is 3. The van der Waals surface area contributed by atoms with E-state index >= 15 is 0 Å². The predicted octanol–water partition coefficient (Wildman–Crippen LogP) is 5.32. The maximum absolute atomic E-state index is 13.1. The van der Waals surface area contributed by atoms with Crippen molar-refractivity contribution >= 4 is 53.4 Å². The van der Waals surface area contributed by atoms with Gasteiger partial charge in [0.15, 0.2) is 0 Å². The number of benzene rings is 3. The Morgan fingerprint density at radius 2 is 1.73 bits per heavy atom. The highest BCUT2D eigenvalue weighted by Crippen LogP contribution is 2.31. The van der Waals surface area contributed by atoms with Crippen molar-refractivity contribution in [1.82, 2.24) is 4.31 Å². The van der Waals surface area contributed by atoms with Crippen molar-refractivity contribution < 1.29 is 19.2 Å². The molecule has 0 bridgehead atoms. The summed E-state index contributed by atoms with van der Waals surface area (Å²) in [6.07, 6.45) is 0. The van der Waals surface area contributed by atoms with Gasteiger partial charge in [0.2, 0.25) is 0 Å². The summed E-state index contributed by atoms with van der Waals surface area (Å²) in [7, 11) is 1.37. The summed E-state index contributed by atoms with van der Waals surface area (Å²) in [4.78, 5) is 36.8. The molecule has 0 aliphatic heterocycles. The van der Waals surface area contributed by atoms with Gasteiger partial charge in [0.25, 0.3) is 11.6 Å². The monoisotopic (exact) mass is 486 g/mol. The number of ether oxygens (including phenoxy) is 1. The number of hydrogen-bond acceptors (Lipinski definition) is 6. The van der Waals surface area contributed by atoms with E-state index < -0.39 is 22.9 Å². The van der Waals surface area contributed by atoms with Crippen molar-refractivity contribution in [2.75, 3.05) is 17.7 Å². The van der Waals surface area contributed by atoms with Crippen LogP contribution in [-0.2, 0) is 4.79 Å². The van der Waals surface area contributed by atoms with E-state index in [0.717, 1.165) is 4.31 Å². The molecule has 3 aromatic carbocycles. The van der Waals surface area contributed by atoms with E-state index in [1.165, 1.54) is 25.3 Å². The summed E-state index contributed by atoms with van der Waals surface area (Å²) < 4.78 is 5.87. The maximum atomic E-state index is 13.1. The number of urea groups is 1. The number of carbonyl (C=O) groups excluding carboxylic acids is 2. The Kier molecular flexibility index (Phi) is 7.75. The Morgan fingerprint density at radius 1 is 1.06 bits per heavy atom. The van der Waals surface area contributed by atoms with E-state index in [9.17, 15) is 19.7 Å². The van der Waals surface area contributed by atoms with Crippen LogP contribution in [-0.4, -0.2) is 28.3 Å². The van der Waals surface area contributed by atoms with Crippen LogP contribution in [0.2, 0.25) is 5.02 Å². The van der Waals surface area contributed by atoms with E-state index in [1.54, 1.807) is 54.6 Å². The third-order valence-corrected chi connectivity index (χ3v) is 5.24. The minimum atomic E-state index is -1.15. The van der Waals surface area contributed by atoms with E-state index in [-0.39, 0.29) is 17.1 Å². The van der Waals surface area contributed by atoms with Gasteiger partial charge in [0, 0.05) is 10.7 Å². The number of nitro benzene ring substituents is 1. The molecule has 1 unspecified atom stereocenters. The fourth-order valence-corrected chi connectivity index (χ4v) is 3.38. The van der Waals surface area contributed by atoms with Gasteiger partial charge in [-0.25, -0.2) is 4.79 Å². The number of methoxy groups -OCH3 is 1. The summed E-state index contributed by atoms with van der Waals surface area (Å²) >= 11 is 10.1. The number of nitro groups is 1. The molecule has 0 aliphatic carbocycles. The molecule has 1 atom stereocenters. The van der Waals surface area contributed by atoms with Gasteiger partial charge in [0.1, 0.15) is 17.5 Å². The van der Waals surface area contributed by atoms with Gasteiger partial charge in [0.05, 0.1) is 18.1 Å². The molecule has 0 saturated carbocycles. The Balaban J connectivity index is 1.88. The third kappa shape index (κ3) is 5.93. The van der Waals surface area contributed by atoms with Gasteiger partial charge < -0.3 is 15.4 Å². The van der Waals surface area contributed by atoms with Crippen LogP contribution in [0.3, 0.4) is 0 Å². The fourth-order valence-electron chi connectivity index (χ4n) is 2.97. The lowest BCUT2D eigenvalue weighted by molar-refractivity contribution is -0.384. The molecule has 0 radical (unpaired) electrons. The first-order chi connectivity index (χ1) is 15.8. The Morgan fingerprint density at radius 3 is 2.33 bits per heavy atom. The van der Waals surface area contributed by atoms with Crippen molar-refractivity contribution in [2.24, 2.45) is 0 Å². The van der Waals surface area contributed by atoms with Crippen LogP contribution in [0.25, 0.3) is 0 Å². The van der Waals surface area contributed by atoms with E-state index in [0.29, 0.717) is 16.3 Å². The number of nitrogens with zero attached hydrogens (tertiary/aromatic N) is 2. The molecule has 0 aromatic heterocycles. The smallest absolute Gasteiger partial charge is 0.332 e. The minimum absolute atomic E-state index is 0.0743. The third-order valence-electron chi connectivity index (χ3n) is 4.57. The van der Waals surface area contributed by atoms with Gasteiger partial charge in [-0.15, -0.1) is 0 Å². The van der Waals surface area contributed by atoms with E-state index in [2.05, 4.69) is 23.4 Å². The fraction of sp³-hybridized carbons (Fsp3) is 0.0909. The first kappa shape index (κ1) is 23.9. The lowest BCUT2D eigenvalue weighted by Crippen LogP contribution is -2.38. The normalized spacial score (nSPS) is 11.2. The molecule has 3 amide bonds. The summed E-state index contributed by atoms with van der Waals surface area (Å²) in [5.74, 6) is -0.287. The maximum Gasteiger partial charge on any atom is 0.332 e. The van der Waals surface area contributed by atoms with Crippen LogP contribution in [0, 0.1) is 10.1 Å². The van der Waals surface area contributed by atoms with Crippen LogP contribution in [0.4, 0.5) is 21.9 Å². The second-order valence-corrected chi connectivity index (χ2v) is 7.59. The number of carbonyl (C=O) groups is 2. The van der Waals surface area contributed by atoms with Gasteiger partial charge in [-0.3, -0.25) is 19.2 Å². The lowest BCUT2D eigenvalue weighted by Gasteiger charge is -2.26. The molecular formula is C22H19ClN4O5S. The molecule has 0 heterocycles. The average Bonchev–Trinajstić information content (AvgIpc) is 2.81. The zero-order valence-electron chi connectivity index (χ0n) is 17.3. The molecule has 0 spiro atoms. The second kappa shape index (κ2) is 10.7. The highest BCUT2D eigenvalue weighted by atomic mass is 35.5. The van der Waals surface area contributed by atoms with Crippen LogP contribution in [0.15, 0.2) is 72.8 Å². The van der Waals surface area contributed by atoms with Crippen LogP contribution in [0.1, 0.15) is 11.6 Å². The van der Waals surface area contributed by atoms with Gasteiger partial charge in [-0.1, -0.05) is 54.7 Å². The van der Waals surface area contributed by atoms with E-state index in [4.69, 9.17) is 16.3 Å². The lowest BCUT2D eigenvalue weighted by atomic mass is 10.1. The Labute approximate surface area is 200 Å². The molecule has 170 valence electrons. The summed E-state index contributed by atoms with van der Waals surface area (Å²) in [5.41, 5.74) is 0.512. The van der Waals surface area contributed by atoms with Gasteiger partial charge in [-0.2, -0.15) is 0 Å². The summed E-state index contributed by atoms with van der Waals surface area (Å²) in [6.45, 7) is 0. The topological polar surface area (TPSA) is 114 Å². The van der Waals surface area contributed by atoms with Gasteiger partial charge >= 0.3 is 6.03 Å². The van der Waals surface area contributed by atoms with Crippen molar-refractivity contribution in [2.45, 2.75) is 6.04 Å². The van der Waals surface area contributed by atoms with Crippen molar-refractivity contribution in [3.63, 3.8) is 0 Å². The first-order valence-corrected chi connectivity index (χ1v) is 10.3. The number of hydrogen-bond donors (Lipinski definition) is 3. The van der Waals surface area contributed by atoms with Crippen molar-refractivity contribution in [3.8, 4) is 5.75 Å². The molecule has 3 rings (SSSR count). The molecular weight excluding hydrogens is 468 g/mol. The molecule has 33 heavy (non-hydrogen) atoms. The predicted molar refractivity (Wildman–Crippen MR) is 129 cm³/mol.